The first-order chi connectivity index (χ1) is 20.4. The lowest BCUT2D eigenvalue weighted by Gasteiger charge is -2.43. The highest BCUT2D eigenvalue weighted by atomic mass is 35.5. The number of ether oxygens (including phenoxy) is 1. The minimum atomic E-state index is -1.20. The molecule has 228 valence electrons. The Kier molecular flexibility index (Phi) is 10.0. The SMILES string of the molecule is Cc1cccc(C(C(=O)Nc2c(C)cccc2Cl)N(C(=O)C(Cc2ccccc2)NC(=O)OC(C)(C)C)C2CCC2)c1O. The topological polar surface area (TPSA) is 108 Å². The van der Waals surface area contributed by atoms with Gasteiger partial charge in [-0.05, 0) is 76.6 Å². The first-order valence-corrected chi connectivity index (χ1v) is 14.9. The molecule has 2 unspecified atom stereocenters. The van der Waals surface area contributed by atoms with E-state index in [0.717, 1.165) is 17.5 Å². The molecule has 0 aromatic heterocycles. The van der Waals surface area contributed by atoms with Crippen molar-refractivity contribution in [1.82, 2.24) is 10.2 Å². The van der Waals surface area contributed by atoms with Crippen LogP contribution in [0.15, 0.2) is 66.7 Å². The zero-order valence-corrected chi connectivity index (χ0v) is 26.1. The van der Waals surface area contributed by atoms with Gasteiger partial charge in [0.2, 0.25) is 5.91 Å². The number of amides is 3. The van der Waals surface area contributed by atoms with E-state index in [1.165, 1.54) is 4.90 Å². The van der Waals surface area contributed by atoms with Crippen molar-refractivity contribution < 1.29 is 24.2 Å². The smallest absolute Gasteiger partial charge is 0.408 e. The number of aromatic hydroxyl groups is 1. The fourth-order valence-corrected chi connectivity index (χ4v) is 5.43. The largest absolute Gasteiger partial charge is 0.507 e. The third-order valence-corrected chi connectivity index (χ3v) is 7.87. The Labute approximate surface area is 258 Å². The summed E-state index contributed by atoms with van der Waals surface area (Å²) < 4.78 is 5.51. The van der Waals surface area contributed by atoms with E-state index in [1.807, 2.05) is 43.3 Å². The minimum absolute atomic E-state index is 0.0737. The number of rotatable bonds is 9. The van der Waals surface area contributed by atoms with Gasteiger partial charge >= 0.3 is 6.09 Å². The lowest BCUT2D eigenvalue weighted by molar-refractivity contribution is -0.145. The van der Waals surface area contributed by atoms with Gasteiger partial charge in [-0.15, -0.1) is 0 Å². The van der Waals surface area contributed by atoms with Crippen molar-refractivity contribution in [1.29, 1.82) is 0 Å². The van der Waals surface area contributed by atoms with Crippen LogP contribution < -0.4 is 10.6 Å². The number of phenolic OH excluding ortho intramolecular Hbond substituents is 1. The number of hydrogen-bond acceptors (Lipinski definition) is 5. The van der Waals surface area contributed by atoms with E-state index in [2.05, 4.69) is 10.6 Å². The normalized spacial score (nSPS) is 14.7. The molecule has 4 rings (SSSR count). The van der Waals surface area contributed by atoms with E-state index < -0.39 is 35.6 Å². The number of benzene rings is 3. The van der Waals surface area contributed by atoms with Crippen LogP contribution in [-0.2, 0) is 20.7 Å². The van der Waals surface area contributed by atoms with Gasteiger partial charge in [-0.2, -0.15) is 0 Å². The number of nitrogens with one attached hydrogen (secondary N) is 2. The van der Waals surface area contributed by atoms with Gasteiger partial charge in [-0.3, -0.25) is 9.59 Å². The van der Waals surface area contributed by atoms with Gasteiger partial charge in [-0.25, -0.2) is 4.79 Å². The van der Waals surface area contributed by atoms with Crippen LogP contribution in [0.3, 0.4) is 0 Å². The molecule has 8 nitrogen and oxygen atoms in total. The van der Waals surface area contributed by atoms with Gasteiger partial charge in [0.15, 0.2) is 0 Å². The fraction of sp³-hybridized carbons (Fsp3) is 0.382. The lowest BCUT2D eigenvalue weighted by atomic mass is 9.87. The van der Waals surface area contributed by atoms with Crippen molar-refractivity contribution in [2.24, 2.45) is 0 Å². The van der Waals surface area contributed by atoms with E-state index >= 15 is 0 Å². The molecule has 0 spiro atoms. The molecule has 3 amide bonds. The molecule has 0 saturated heterocycles. The quantitative estimate of drug-likeness (QED) is 0.247. The minimum Gasteiger partial charge on any atom is -0.507 e. The zero-order chi connectivity index (χ0) is 31.3. The van der Waals surface area contributed by atoms with E-state index in [-0.39, 0.29) is 23.8 Å². The molecule has 0 radical (unpaired) electrons. The van der Waals surface area contributed by atoms with Gasteiger partial charge in [0.25, 0.3) is 5.91 Å². The number of halogens is 1. The standard InChI is InChI=1S/C34H40ClN3O5/c1-21-12-10-19-26(35)28(21)37-31(40)29(25-18-9-13-22(2)30(25)39)38(24-16-11-17-24)32(41)27(20-23-14-7-6-8-15-23)36-33(42)43-34(3,4)5/h6-10,12-15,18-19,24,27,29,39H,11,16-17,20H2,1-5H3,(H,36,42)(H,37,40). The Hall–Kier alpha value is -4.04. The van der Waals surface area contributed by atoms with Crippen molar-refractivity contribution in [3.8, 4) is 5.75 Å². The number of carbonyl (C=O) groups is 3. The number of phenols is 1. The molecule has 3 aromatic carbocycles. The Morgan fingerprint density at radius 3 is 2.23 bits per heavy atom. The summed E-state index contributed by atoms with van der Waals surface area (Å²) in [4.78, 5) is 43.5. The molecule has 1 aliphatic rings. The zero-order valence-electron chi connectivity index (χ0n) is 25.3. The second-order valence-corrected chi connectivity index (χ2v) is 12.5. The van der Waals surface area contributed by atoms with Crippen LogP contribution in [0, 0.1) is 13.8 Å². The Morgan fingerprint density at radius 2 is 1.63 bits per heavy atom. The van der Waals surface area contributed by atoms with Crippen LogP contribution in [0.5, 0.6) is 5.75 Å². The predicted octanol–water partition coefficient (Wildman–Crippen LogP) is 6.86. The summed E-state index contributed by atoms with van der Waals surface area (Å²) in [5.74, 6) is -1.04. The number of aryl methyl sites for hydroxylation is 2. The maximum atomic E-state index is 14.7. The van der Waals surface area contributed by atoms with Gasteiger partial charge < -0.3 is 25.4 Å². The fourth-order valence-electron chi connectivity index (χ4n) is 5.16. The summed E-state index contributed by atoms with van der Waals surface area (Å²) in [6, 6.07) is 17.3. The highest BCUT2D eigenvalue weighted by Gasteiger charge is 2.43. The Bertz CT molecular complexity index is 1450. The highest BCUT2D eigenvalue weighted by Crippen LogP contribution is 2.39. The molecule has 3 aromatic rings. The van der Waals surface area contributed by atoms with Crippen molar-refractivity contribution in [3.63, 3.8) is 0 Å². The highest BCUT2D eigenvalue weighted by molar-refractivity contribution is 6.34. The van der Waals surface area contributed by atoms with E-state index in [9.17, 15) is 19.5 Å². The molecular formula is C34H40ClN3O5. The molecule has 1 aliphatic carbocycles. The van der Waals surface area contributed by atoms with Gasteiger partial charge in [0.1, 0.15) is 23.4 Å². The third-order valence-electron chi connectivity index (χ3n) is 7.55. The summed E-state index contributed by atoms with van der Waals surface area (Å²) >= 11 is 6.47. The molecule has 9 heteroatoms. The van der Waals surface area contributed by atoms with Crippen molar-refractivity contribution in [2.75, 3.05) is 5.32 Å². The summed E-state index contributed by atoms with van der Waals surface area (Å²) in [7, 11) is 0. The maximum Gasteiger partial charge on any atom is 0.408 e. The molecule has 3 N–H and O–H groups in total. The number of nitrogens with zero attached hydrogens (tertiary/aromatic N) is 1. The average Bonchev–Trinajstić information content (AvgIpc) is 2.90. The summed E-state index contributed by atoms with van der Waals surface area (Å²) in [6.07, 6.45) is 1.69. The van der Waals surface area contributed by atoms with Crippen LogP contribution in [0.4, 0.5) is 10.5 Å². The van der Waals surface area contributed by atoms with Crippen molar-refractivity contribution in [2.45, 2.75) is 84.0 Å². The predicted molar refractivity (Wildman–Crippen MR) is 168 cm³/mol. The number of para-hydroxylation sites is 2. The molecule has 0 heterocycles. The maximum absolute atomic E-state index is 14.7. The number of carbonyl (C=O) groups excluding carboxylic acids is 3. The number of hydrogen-bond donors (Lipinski definition) is 3. The van der Waals surface area contributed by atoms with Crippen LogP contribution in [0.25, 0.3) is 0 Å². The molecule has 0 aliphatic heterocycles. The van der Waals surface area contributed by atoms with Crippen LogP contribution >= 0.6 is 11.6 Å². The molecule has 0 bridgehead atoms. The summed E-state index contributed by atoms with van der Waals surface area (Å²) in [6.45, 7) is 8.82. The average molecular weight is 606 g/mol. The van der Waals surface area contributed by atoms with Crippen molar-refractivity contribution in [3.05, 3.63) is 94.0 Å². The Morgan fingerprint density at radius 1 is 0.977 bits per heavy atom. The summed E-state index contributed by atoms with van der Waals surface area (Å²) in [5, 5.41) is 17.3. The second-order valence-electron chi connectivity index (χ2n) is 12.1. The number of alkyl carbamates (subject to hydrolysis) is 1. The Balaban J connectivity index is 1.80. The molecule has 43 heavy (non-hydrogen) atoms. The second kappa shape index (κ2) is 13.5. The molecule has 1 saturated carbocycles. The molecule has 1 fully saturated rings. The first kappa shape index (κ1) is 31.9. The van der Waals surface area contributed by atoms with Gasteiger partial charge in [0, 0.05) is 18.0 Å². The number of anilines is 1. The van der Waals surface area contributed by atoms with Crippen LogP contribution in [0.1, 0.15) is 68.3 Å². The molecular weight excluding hydrogens is 566 g/mol. The summed E-state index contributed by atoms with van der Waals surface area (Å²) in [5.41, 5.74) is 2.09. The van der Waals surface area contributed by atoms with E-state index in [4.69, 9.17) is 16.3 Å². The van der Waals surface area contributed by atoms with Gasteiger partial charge in [0.05, 0.1) is 10.7 Å². The first-order valence-electron chi connectivity index (χ1n) is 14.6. The molecule has 2 atom stereocenters. The van der Waals surface area contributed by atoms with Crippen LogP contribution in [0.2, 0.25) is 5.02 Å². The van der Waals surface area contributed by atoms with Crippen molar-refractivity contribution >= 4 is 35.2 Å². The van der Waals surface area contributed by atoms with Gasteiger partial charge in [-0.1, -0.05) is 72.3 Å². The lowest BCUT2D eigenvalue weighted by Crippen LogP contribution is -2.57. The van der Waals surface area contributed by atoms with E-state index in [1.54, 1.807) is 58.0 Å². The van der Waals surface area contributed by atoms with E-state index in [0.29, 0.717) is 29.1 Å². The van der Waals surface area contributed by atoms with Crippen LogP contribution in [-0.4, -0.2) is 45.6 Å². The monoisotopic (exact) mass is 605 g/mol. The third kappa shape index (κ3) is 7.87.